The molecule has 0 saturated carbocycles. The number of halogens is 1. The molecular formula is C13H12ClNO5. The summed E-state index contributed by atoms with van der Waals surface area (Å²) in [5, 5.41) is 9.41. The molecule has 0 spiro atoms. The molecule has 1 saturated heterocycles. The number of carboxylic acids is 1. The van der Waals surface area contributed by atoms with Crippen LogP contribution in [0.15, 0.2) is 12.1 Å². The molecule has 2 aliphatic rings. The lowest BCUT2D eigenvalue weighted by Gasteiger charge is -2.21. The van der Waals surface area contributed by atoms with Crippen LogP contribution in [0.4, 0.5) is 0 Å². The van der Waals surface area contributed by atoms with E-state index in [-0.39, 0.29) is 17.7 Å². The first-order valence-electron chi connectivity index (χ1n) is 6.21. The summed E-state index contributed by atoms with van der Waals surface area (Å²) in [6.07, 6.45) is 1.15. The molecule has 7 heteroatoms. The molecule has 0 radical (unpaired) electrons. The van der Waals surface area contributed by atoms with Gasteiger partial charge in [0, 0.05) is 12.1 Å². The van der Waals surface area contributed by atoms with Crippen molar-refractivity contribution >= 4 is 23.5 Å². The fourth-order valence-corrected chi connectivity index (χ4v) is 2.79. The molecule has 2 heterocycles. The first-order chi connectivity index (χ1) is 9.58. The Morgan fingerprint density at radius 2 is 2.15 bits per heavy atom. The smallest absolute Gasteiger partial charge is 0.326 e. The third kappa shape index (κ3) is 2.06. The quantitative estimate of drug-likeness (QED) is 0.900. The predicted molar refractivity (Wildman–Crippen MR) is 69.3 cm³/mol. The molecule has 1 aromatic carbocycles. The van der Waals surface area contributed by atoms with Gasteiger partial charge in [0.2, 0.25) is 6.79 Å². The number of nitrogens with zero attached hydrogens (tertiary/aromatic N) is 1. The Morgan fingerprint density at radius 1 is 1.35 bits per heavy atom. The minimum absolute atomic E-state index is 0.0637. The maximum absolute atomic E-state index is 12.4. The number of carbonyl (C=O) groups is 2. The zero-order valence-corrected chi connectivity index (χ0v) is 11.2. The number of rotatable bonds is 2. The Labute approximate surface area is 119 Å². The second kappa shape index (κ2) is 4.86. The highest BCUT2D eigenvalue weighted by atomic mass is 35.5. The second-order valence-corrected chi connectivity index (χ2v) is 5.09. The molecule has 1 atom stereocenters. The molecule has 6 nitrogen and oxygen atoms in total. The lowest BCUT2D eigenvalue weighted by Crippen LogP contribution is -2.40. The van der Waals surface area contributed by atoms with Crippen LogP contribution < -0.4 is 9.47 Å². The van der Waals surface area contributed by atoms with Crippen LogP contribution in [0.25, 0.3) is 0 Å². The monoisotopic (exact) mass is 297 g/mol. The van der Waals surface area contributed by atoms with Crippen molar-refractivity contribution in [2.75, 3.05) is 13.3 Å². The summed E-state index contributed by atoms with van der Waals surface area (Å²) in [4.78, 5) is 24.9. The molecule has 1 amide bonds. The topological polar surface area (TPSA) is 76.1 Å². The predicted octanol–water partition coefficient (Wildman–Crippen LogP) is 1.76. The average molecular weight is 298 g/mol. The Balaban J connectivity index is 1.91. The van der Waals surface area contributed by atoms with Crippen molar-refractivity contribution in [2.24, 2.45) is 0 Å². The lowest BCUT2D eigenvalue weighted by molar-refractivity contribution is -0.141. The highest BCUT2D eigenvalue weighted by molar-refractivity contribution is 6.32. The molecule has 0 aliphatic carbocycles. The minimum Gasteiger partial charge on any atom is -0.480 e. The van der Waals surface area contributed by atoms with Crippen LogP contribution in [0.3, 0.4) is 0 Å². The maximum Gasteiger partial charge on any atom is 0.326 e. The van der Waals surface area contributed by atoms with Gasteiger partial charge in [0.15, 0.2) is 11.5 Å². The summed E-state index contributed by atoms with van der Waals surface area (Å²) in [6.45, 7) is 0.496. The molecule has 106 valence electrons. The van der Waals surface area contributed by atoms with Gasteiger partial charge in [0.25, 0.3) is 5.91 Å². The number of ether oxygens (including phenoxy) is 2. The Kier molecular flexibility index (Phi) is 3.17. The number of carboxylic acid groups (broad SMARTS) is 1. The molecule has 1 aromatic rings. The van der Waals surface area contributed by atoms with Crippen LogP contribution in [-0.4, -0.2) is 41.3 Å². The average Bonchev–Trinajstić information content (AvgIpc) is 3.06. The van der Waals surface area contributed by atoms with Gasteiger partial charge in [0.05, 0.1) is 5.02 Å². The molecule has 20 heavy (non-hydrogen) atoms. The highest BCUT2D eigenvalue weighted by Gasteiger charge is 2.35. The highest BCUT2D eigenvalue weighted by Crippen LogP contribution is 2.40. The summed E-state index contributed by atoms with van der Waals surface area (Å²) in [7, 11) is 0. The fraction of sp³-hybridized carbons (Fsp3) is 0.385. The van der Waals surface area contributed by atoms with Gasteiger partial charge in [-0.3, -0.25) is 4.79 Å². The van der Waals surface area contributed by atoms with Crippen molar-refractivity contribution in [3.05, 3.63) is 22.7 Å². The Morgan fingerprint density at radius 3 is 2.90 bits per heavy atom. The van der Waals surface area contributed by atoms with Crippen molar-refractivity contribution in [2.45, 2.75) is 18.9 Å². The number of amides is 1. The first-order valence-corrected chi connectivity index (χ1v) is 6.58. The van der Waals surface area contributed by atoms with Crippen molar-refractivity contribution < 1.29 is 24.2 Å². The van der Waals surface area contributed by atoms with E-state index >= 15 is 0 Å². The lowest BCUT2D eigenvalue weighted by atomic mass is 10.1. The molecule has 1 unspecified atom stereocenters. The number of fused-ring (bicyclic) bond motifs is 1. The van der Waals surface area contributed by atoms with E-state index in [0.29, 0.717) is 36.4 Å². The summed E-state index contributed by atoms with van der Waals surface area (Å²) < 4.78 is 10.4. The number of carbonyl (C=O) groups excluding carboxylic acids is 1. The third-order valence-corrected chi connectivity index (χ3v) is 3.75. The molecule has 1 fully saturated rings. The van der Waals surface area contributed by atoms with Crippen LogP contribution in [-0.2, 0) is 4.79 Å². The van der Waals surface area contributed by atoms with E-state index in [9.17, 15) is 9.59 Å². The fourth-order valence-electron chi connectivity index (χ4n) is 2.52. The van der Waals surface area contributed by atoms with Crippen molar-refractivity contribution in [3.8, 4) is 11.5 Å². The minimum atomic E-state index is -0.984. The molecule has 2 aliphatic heterocycles. The number of hydrogen-bond donors (Lipinski definition) is 1. The van der Waals surface area contributed by atoms with Gasteiger partial charge in [-0.25, -0.2) is 4.79 Å². The van der Waals surface area contributed by atoms with Gasteiger partial charge in [-0.05, 0) is 25.0 Å². The standard InChI is InChI=1S/C13H12ClNO5/c14-8-4-7(5-10-11(8)20-6-19-10)12(16)15-3-1-2-9(15)13(17)18/h4-5,9H,1-3,6H2,(H,17,18). The normalized spacial score (nSPS) is 20.2. The van der Waals surface area contributed by atoms with Gasteiger partial charge < -0.3 is 19.5 Å². The summed E-state index contributed by atoms with van der Waals surface area (Å²) in [5.74, 6) is -0.510. The van der Waals surface area contributed by atoms with Crippen LogP contribution in [0, 0.1) is 0 Å². The zero-order valence-electron chi connectivity index (χ0n) is 10.5. The number of likely N-dealkylation sites (tertiary alicyclic amines) is 1. The molecular weight excluding hydrogens is 286 g/mol. The molecule has 1 N–H and O–H groups in total. The maximum atomic E-state index is 12.4. The van der Waals surface area contributed by atoms with Crippen molar-refractivity contribution in [1.82, 2.24) is 4.90 Å². The van der Waals surface area contributed by atoms with Crippen molar-refractivity contribution in [1.29, 1.82) is 0 Å². The Bertz CT molecular complexity index is 588. The van der Waals surface area contributed by atoms with Crippen molar-refractivity contribution in [3.63, 3.8) is 0 Å². The number of benzene rings is 1. The van der Waals surface area contributed by atoms with Gasteiger partial charge >= 0.3 is 5.97 Å². The zero-order chi connectivity index (χ0) is 14.3. The van der Waals surface area contributed by atoms with E-state index in [0.717, 1.165) is 0 Å². The van der Waals surface area contributed by atoms with Gasteiger partial charge in [-0.1, -0.05) is 11.6 Å². The molecule has 0 aromatic heterocycles. The van der Waals surface area contributed by atoms with Gasteiger partial charge in [-0.15, -0.1) is 0 Å². The SMILES string of the molecule is O=C(O)C1CCCN1C(=O)c1cc(Cl)c2c(c1)OCO2. The molecule has 0 bridgehead atoms. The van der Waals surface area contributed by atoms with Gasteiger partial charge in [0.1, 0.15) is 6.04 Å². The van der Waals surface area contributed by atoms with Crippen LogP contribution >= 0.6 is 11.6 Å². The number of hydrogen-bond acceptors (Lipinski definition) is 4. The third-order valence-electron chi connectivity index (χ3n) is 3.47. The summed E-state index contributed by atoms with van der Waals surface area (Å²) >= 11 is 6.03. The van der Waals surface area contributed by atoms with Crippen LogP contribution in [0.5, 0.6) is 11.5 Å². The number of aliphatic carboxylic acids is 1. The first kappa shape index (κ1) is 13.1. The van der Waals surface area contributed by atoms with E-state index in [4.69, 9.17) is 26.2 Å². The van der Waals surface area contributed by atoms with E-state index in [1.165, 1.54) is 17.0 Å². The second-order valence-electron chi connectivity index (χ2n) is 4.69. The van der Waals surface area contributed by atoms with E-state index in [1.54, 1.807) is 0 Å². The van der Waals surface area contributed by atoms with Crippen LogP contribution in [0.2, 0.25) is 5.02 Å². The van der Waals surface area contributed by atoms with Crippen LogP contribution in [0.1, 0.15) is 23.2 Å². The summed E-state index contributed by atoms with van der Waals surface area (Å²) in [6, 6.07) is 2.24. The van der Waals surface area contributed by atoms with E-state index in [2.05, 4.69) is 0 Å². The van der Waals surface area contributed by atoms with E-state index < -0.39 is 12.0 Å². The Hall–Kier alpha value is -1.95. The molecule has 3 rings (SSSR count). The largest absolute Gasteiger partial charge is 0.480 e. The van der Waals surface area contributed by atoms with E-state index in [1.807, 2.05) is 0 Å². The van der Waals surface area contributed by atoms with Gasteiger partial charge in [-0.2, -0.15) is 0 Å². The summed E-state index contributed by atoms with van der Waals surface area (Å²) in [5.41, 5.74) is 0.312.